The molecule has 0 bridgehead atoms. The first-order valence-electron chi connectivity index (χ1n) is 11.1. The molecule has 0 radical (unpaired) electrons. The maximum absolute atomic E-state index is 12.8. The second-order valence-electron chi connectivity index (χ2n) is 8.59. The van der Waals surface area contributed by atoms with Gasteiger partial charge in [0.15, 0.2) is 0 Å². The molecule has 2 aromatic carbocycles. The highest BCUT2D eigenvalue weighted by molar-refractivity contribution is 5.78. The van der Waals surface area contributed by atoms with E-state index in [1.807, 2.05) is 18.7 Å². The summed E-state index contributed by atoms with van der Waals surface area (Å²) in [4.78, 5) is 19.7. The zero-order valence-electron chi connectivity index (χ0n) is 18.1. The van der Waals surface area contributed by atoms with E-state index < -0.39 is 0 Å². The minimum atomic E-state index is 0.118. The third kappa shape index (κ3) is 5.09. The van der Waals surface area contributed by atoms with E-state index in [-0.39, 0.29) is 24.2 Å². The summed E-state index contributed by atoms with van der Waals surface area (Å²) in [7, 11) is 0. The molecule has 4 rings (SSSR count). The van der Waals surface area contributed by atoms with Crippen LogP contribution in [-0.2, 0) is 9.53 Å². The Hall–Kier alpha value is -2.21. The third-order valence-electron chi connectivity index (χ3n) is 6.13. The lowest BCUT2D eigenvalue weighted by Gasteiger charge is -2.41. The molecule has 2 aromatic rings. The van der Waals surface area contributed by atoms with Gasteiger partial charge in [-0.15, -0.1) is 0 Å². The Kier molecular flexibility index (Phi) is 6.82. The van der Waals surface area contributed by atoms with Crippen molar-refractivity contribution in [3.63, 3.8) is 0 Å². The summed E-state index contributed by atoms with van der Waals surface area (Å²) in [6.45, 7) is 9.74. The van der Waals surface area contributed by atoms with Crippen LogP contribution in [0.5, 0.6) is 0 Å². The molecule has 0 spiro atoms. The molecule has 0 unspecified atom stereocenters. The van der Waals surface area contributed by atoms with Crippen molar-refractivity contribution in [2.24, 2.45) is 0 Å². The second-order valence-corrected chi connectivity index (χ2v) is 8.59. The van der Waals surface area contributed by atoms with Crippen molar-refractivity contribution >= 4 is 5.91 Å². The molecule has 2 aliphatic heterocycles. The van der Waals surface area contributed by atoms with Crippen LogP contribution < -0.4 is 0 Å². The van der Waals surface area contributed by atoms with Crippen LogP contribution in [0, 0.1) is 0 Å². The van der Waals surface area contributed by atoms with Gasteiger partial charge >= 0.3 is 0 Å². The lowest BCUT2D eigenvalue weighted by atomic mass is 9.96. The number of hydrogen-bond donors (Lipinski definition) is 0. The van der Waals surface area contributed by atoms with Gasteiger partial charge in [-0.3, -0.25) is 14.6 Å². The molecule has 2 aliphatic rings. The number of ether oxygens (including phenoxy) is 1. The van der Waals surface area contributed by atoms with Crippen LogP contribution in [0.25, 0.3) is 0 Å². The predicted molar refractivity (Wildman–Crippen MR) is 119 cm³/mol. The van der Waals surface area contributed by atoms with E-state index >= 15 is 0 Å². The van der Waals surface area contributed by atoms with E-state index in [1.165, 1.54) is 11.1 Å². The maximum atomic E-state index is 12.8. The summed E-state index contributed by atoms with van der Waals surface area (Å²) in [5.41, 5.74) is 2.65. The zero-order chi connectivity index (χ0) is 20.9. The van der Waals surface area contributed by atoms with Gasteiger partial charge in [0, 0.05) is 39.3 Å². The average Bonchev–Trinajstić information content (AvgIpc) is 2.76. The van der Waals surface area contributed by atoms with E-state index in [0.29, 0.717) is 19.6 Å². The highest BCUT2D eigenvalue weighted by Crippen LogP contribution is 2.29. The zero-order valence-corrected chi connectivity index (χ0v) is 18.1. The fourth-order valence-electron chi connectivity index (χ4n) is 4.74. The van der Waals surface area contributed by atoms with Crippen LogP contribution in [0.3, 0.4) is 0 Å². The molecule has 2 saturated heterocycles. The van der Waals surface area contributed by atoms with E-state index in [4.69, 9.17) is 4.74 Å². The summed E-state index contributed by atoms with van der Waals surface area (Å²) < 4.78 is 5.77. The van der Waals surface area contributed by atoms with Crippen LogP contribution >= 0.6 is 0 Å². The maximum Gasteiger partial charge on any atom is 0.236 e. The number of hydrogen-bond acceptors (Lipinski definition) is 4. The second kappa shape index (κ2) is 9.73. The molecule has 0 saturated carbocycles. The highest BCUT2D eigenvalue weighted by atomic mass is 16.5. The Balaban J connectivity index is 1.38. The first kappa shape index (κ1) is 21.0. The summed E-state index contributed by atoms with van der Waals surface area (Å²) in [5.74, 6) is 0.230. The number of amides is 1. The first-order valence-corrected chi connectivity index (χ1v) is 11.1. The Morgan fingerprint density at radius 3 is 1.87 bits per heavy atom. The molecule has 2 fully saturated rings. The molecular weight excluding hydrogens is 374 g/mol. The van der Waals surface area contributed by atoms with Gasteiger partial charge in [-0.1, -0.05) is 60.7 Å². The van der Waals surface area contributed by atoms with Gasteiger partial charge in [0.1, 0.15) is 0 Å². The number of benzene rings is 2. The van der Waals surface area contributed by atoms with Crippen LogP contribution in [0.1, 0.15) is 31.0 Å². The third-order valence-corrected chi connectivity index (χ3v) is 6.13. The van der Waals surface area contributed by atoms with Gasteiger partial charge in [-0.25, -0.2) is 0 Å². The molecule has 2 atom stereocenters. The molecule has 5 nitrogen and oxygen atoms in total. The van der Waals surface area contributed by atoms with Crippen molar-refractivity contribution in [3.05, 3.63) is 71.8 Å². The van der Waals surface area contributed by atoms with E-state index in [9.17, 15) is 4.79 Å². The van der Waals surface area contributed by atoms with Crippen LogP contribution in [0.15, 0.2) is 60.7 Å². The minimum Gasteiger partial charge on any atom is -0.372 e. The molecule has 0 aromatic heterocycles. The Morgan fingerprint density at radius 1 is 0.867 bits per heavy atom. The largest absolute Gasteiger partial charge is 0.372 e. The van der Waals surface area contributed by atoms with E-state index in [1.54, 1.807) is 0 Å². The van der Waals surface area contributed by atoms with Gasteiger partial charge in [-0.05, 0) is 25.0 Å². The Labute approximate surface area is 180 Å². The fraction of sp³-hybridized carbons (Fsp3) is 0.480. The fourth-order valence-corrected chi connectivity index (χ4v) is 4.74. The Morgan fingerprint density at radius 2 is 1.37 bits per heavy atom. The Bertz CT molecular complexity index is 756. The van der Waals surface area contributed by atoms with Crippen molar-refractivity contribution < 1.29 is 9.53 Å². The quantitative estimate of drug-likeness (QED) is 0.763. The average molecular weight is 408 g/mol. The lowest BCUT2D eigenvalue weighted by molar-refractivity contribution is -0.144. The topological polar surface area (TPSA) is 36.0 Å². The molecule has 0 N–H and O–H groups in total. The molecule has 5 heteroatoms. The molecule has 160 valence electrons. The smallest absolute Gasteiger partial charge is 0.236 e. The highest BCUT2D eigenvalue weighted by Gasteiger charge is 2.30. The van der Waals surface area contributed by atoms with Gasteiger partial charge < -0.3 is 9.64 Å². The number of carbonyl (C=O) groups excluding carboxylic acids is 1. The van der Waals surface area contributed by atoms with Gasteiger partial charge in [0.05, 0.1) is 24.8 Å². The SMILES string of the molecule is C[C@@H]1CN(C(=O)CN2CCN(C(c3ccccc3)c3ccccc3)CC2)C[C@@H](C)O1. The summed E-state index contributed by atoms with van der Waals surface area (Å²) in [6, 6.07) is 21.7. The van der Waals surface area contributed by atoms with Crippen molar-refractivity contribution in [2.75, 3.05) is 45.8 Å². The van der Waals surface area contributed by atoms with E-state index in [2.05, 4.69) is 70.5 Å². The van der Waals surface area contributed by atoms with E-state index in [0.717, 1.165) is 26.2 Å². The van der Waals surface area contributed by atoms with Crippen molar-refractivity contribution in [2.45, 2.75) is 32.1 Å². The van der Waals surface area contributed by atoms with Gasteiger partial charge in [0.2, 0.25) is 5.91 Å². The number of carbonyl (C=O) groups is 1. The molecule has 0 aliphatic carbocycles. The lowest BCUT2D eigenvalue weighted by Crippen LogP contribution is -2.54. The van der Waals surface area contributed by atoms with Crippen LogP contribution in [0.4, 0.5) is 0 Å². The predicted octanol–water partition coefficient (Wildman–Crippen LogP) is 3.03. The monoisotopic (exact) mass is 407 g/mol. The number of morpholine rings is 1. The normalized spacial score (nSPS) is 23.6. The van der Waals surface area contributed by atoms with Crippen molar-refractivity contribution in [1.82, 2.24) is 14.7 Å². The molecular formula is C25H33N3O2. The van der Waals surface area contributed by atoms with Crippen molar-refractivity contribution in [3.8, 4) is 0 Å². The minimum absolute atomic E-state index is 0.118. The molecule has 30 heavy (non-hydrogen) atoms. The van der Waals surface area contributed by atoms with Crippen molar-refractivity contribution in [1.29, 1.82) is 0 Å². The number of nitrogens with zero attached hydrogens (tertiary/aromatic N) is 3. The standard InChI is InChI=1S/C25H33N3O2/c1-20-17-28(18-21(2)30-20)24(29)19-26-13-15-27(16-14-26)25(22-9-5-3-6-10-22)23-11-7-4-8-12-23/h3-12,20-21,25H,13-19H2,1-2H3/t20-,21-/m1/s1. The first-order chi connectivity index (χ1) is 14.6. The number of piperazine rings is 1. The van der Waals surface area contributed by atoms with Gasteiger partial charge in [-0.2, -0.15) is 0 Å². The summed E-state index contributed by atoms with van der Waals surface area (Å²) >= 11 is 0. The van der Waals surface area contributed by atoms with Crippen LogP contribution in [-0.4, -0.2) is 78.6 Å². The summed E-state index contributed by atoms with van der Waals surface area (Å²) in [5, 5.41) is 0. The number of rotatable bonds is 5. The van der Waals surface area contributed by atoms with Crippen LogP contribution in [0.2, 0.25) is 0 Å². The van der Waals surface area contributed by atoms with Gasteiger partial charge in [0.25, 0.3) is 0 Å². The molecule has 2 heterocycles. The summed E-state index contributed by atoms with van der Waals surface area (Å²) in [6.07, 6.45) is 0.235. The molecule has 1 amide bonds.